The Morgan fingerprint density at radius 2 is 1.93 bits per heavy atom. The van der Waals surface area contributed by atoms with Gasteiger partial charge in [-0.25, -0.2) is 13.1 Å². The zero-order valence-electron chi connectivity index (χ0n) is 15.6. The molecule has 0 radical (unpaired) electrons. The fraction of sp³-hybridized carbons (Fsp3) is 0.421. The van der Waals surface area contributed by atoms with Crippen molar-refractivity contribution in [2.45, 2.75) is 31.6 Å². The molecule has 3 rings (SSSR count). The summed E-state index contributed by atoms with van der Waals surface area (Å²) in [5.74, 6) is 0.977. The van der Waals surface area contributed by atoms with Crippen LogP contribution in [0.5, 0.6) is 0 Å². The number of aryl methyl sites for hydroxylation is 1. The quantitative estimate of drug-likeness (QED) is 0.763. The number of nitrogens with one attached hydrogen (secondary N) is 1. The molecule has 27 heavy (non-hydrogen) atoms. The van der Waals surface area contributed by atoms with E-state index in [1.54, 1.807) is 12.1 Å². The van der Waals surface area contributed by atoms with Crippen molar-refractivity contribution in [2.24, 2.45) is 5.92 Å². The molecule has 1 saturated heterocycles. The lowest BCUT2D eigenvalue weighted by molar-refractivity contribution is 0.101. The molecule has 8 heteroatoms. The van der Waals surface area contributed by atoms with Gasteiger partial charge in [-0.05, 0) is 56.9 Å². The molecule has 1 N–H and O–H groups in total. The summed E-state index contributed by atoms with van der Waals surface area (Å²) in [6.07, 6.45) is 1.76. The van der Waals surface area contributed by atoms with Crippen molar-refractivity contribution in [3.8, 4) is 0 Å². The molecule has 1 aliphatic rings. The topological polar surface area (TPSA) is 92.3 Å². The van der Waals surface area contributed by atoms with Crippen LogP contribution in [0.4, 0.5) is 5.82 Å². The zero-order valence-corrected chi connectivity index (χ0v) is 16.4. The van der Waals surface area contributed by atoms with Crippen molar-refractivity contribution >= 4 is 21.6 Å². The van der Waals surface area contributed by atoms with E-state index in [1.807, 2.05) is 19.1 Å². The Labute approximate surface area is 159 Å². The first-order chi connectivity index (χ1) is 12.8. The lowest BCUT2D eigenvalue weighted by Gasteiger charge is -2.32. The Balaban J connectivity index is 1.55. The molecule has 7 nitrogen and oxygen atoms in total. The molecule has 144 valence electrons. The van der Waals surface area contributed by atoms with Gasteiger partial charge in [-0.2, -0.15) is 5.10 Å². The minimum atomic E-state index is -3.62. The molecule has 2 aromatic rings. The number of aromatic nitrogens is 2. The third kappa shape index (κ3) is 4.90. The second-order valence-electron chi connectivity index (χ2n) is 6.90. The first-order valence-electron chi connectivity index (χ1n) is 9.01. The maximum Gasteiger partial charge on any atom is 0.240 e. The van der Waals surface area contributed by atoms with Gasteiger partial charge in [0, 0.05) is 25.2 Å². The van der Waals surface area contributed by atoms with E-state index in [0.717, 1.165) is 37.4 Å². The van der Waals surface area contributed by atoms with Crippen LogP contribution >= 0.6 is 0 Å². The highest BCUT2D eigenvalue weighted by molar-refractivity contribution is 7.89. The lowest BCUT2D eigenvalue weighted by atomic mass is 9.97. The third-order valence-corrected chi connectivity index (χ3v) is 6.26. The van der Waals surface area contributed by atoms with Gasteiger partial charge in [0.2, 0.25) is 10.0 Å². The van der Waals surface area contributed by atoms with Crippen molar-refractivity contribution in [3.05, 3.63) is 47.7 Å². The second-order valence-corrected chi connectivity index (χ2v) is 8.67. The van der Waals surface area contributed by atoms with Gasteiger partial charge in [-0.1, -0.05) is 12.1 Å². The number of rotatable bonds is 6. The molecule has 2 heterocycles. The number of benzene rings is 1. The number of carbonyl (C=O) groups is 1. The molecule has 0 unspecified atom stereocenters. The molecular formula is C19H24N4O3S. The number of anilines is 1. The third-order valence-electron chi connectivity index (χ3n) is 4.84. The van der Waals surface area contributed by atoms with Gasteiger partial charge in [0.25, 0.3) is 0 Å². The lowest BCUT2D eigenvalue weighted by Crippen LogP contribution is -2.39. The van der Waals surface area contributed by atoms with Crippen LogP contribution < -0.4 is 9.62 Å². The standard InChI is InChI=1S/C19H24N4O3S/c1-14-6-7-19(22-21-14)23-10-8-16(9-11-23)13-20-27(25,26)18-5-3-4-17(12-18)15(2)24/h3-7,12,16,20H,8-11,13H2,1-2H3. The van der Waals surface area contributed by atoms with E-state index in [0.29, 0.717) is 12.1 Å². The Kier molecular flexibility index (Phi) is 5.86. The van der Waals surface area contributed by atoms with Gasteiger partial charge in [0.1, 0.15) is 0 Å². The first-order valence-corrected chi connectivity index (χ1v) is 10.5. The van der Waals surface area contributed by atoms with Crippen LogP contribution in [-0.2, 0) is 10.0 Å². The van der Waals surface area contributed by atoms with Crippen LogP contribution in [0.15, 0.2) is 41.3 Å². The summed E-state index contributed by atoms with van der Waals surface area (Å²) in [6.45, 7) is 5.36. The zero-order chi connectivity index (χ0) is 19.4. The van der Waals surface area contributed by atoms with Gasteiger partial charge < -0.3 is 4.90 Å². The number of nitrogens with zero attached hydrogens (tertiary/aromatic N) is 3. The van der Waals surface area contributed by atoms with Crippen molar-refractivity contribution in [3.63, 3.8) is 0 Å². The number of carbonyl (C=O) groups excluding carboxylic acids is 1. The Morgan fingerprint density at radius 1 is 1.19 bits per heavy atom. The van der Waals surface area contributed by atoms with Crippen LogP contribution in [0.2, 0.25) is 0 Å². The van der Waals surface area contributed by atoms with E-state index in [9.17, 15) is 13.2 Å². The number of Topliss-reactive ketones (excluding diaryl/α,β-unsaturated/α-hetero) is 1. The molecule has 0 atom stereocenters. The summed E-state index contributed by atoms with van der Waals surface area (Å²) in [5.41, 5.74) is 1.28. The number of ketones is 1. The second kappa shape index (κ2) is 8.14. The van der Waals surface area contributed by atoms with Crippen LogP contribution in [0, 0.1) is 12.8 Å². The minimum Gasteiger partial charge on any atom is -0.355 e. The number of sulfonamides is 1. The summed E-state index contributed by atoms with van der Waals surface area (Å²) < 4.78 is 27.7. The molecule has 0 bridgehead atoms. The smallest absolute Gasteiger partial charge is 0.240 e. The molecule has 1 aromatic carbocycles. The Hall–Kier alpha value is -2.32. The largest absolute Gasteiger partial charge is 0.355 e. The minimum absolute atomic E-state index is 0.127. The maximum atomic E-state index is 12.5. The highest BCUT2D eigenvalue weighted by Crippen LogP contribution is 2.21. The van der Waals surface area contributed by atoms with E-state index in [1.165, 1.54) is 19.1 Å². The average molecular weight is 388 g/mol. The SMILES string of the molecule is CC(=O)c1cccc(S(=O)(=O)NCC2CCN(c3ccc(C)nn3)CC2)c1. The number of hydrogen-bond donors (Lipinski definition) is 1. The van der Waals surface area contributed by atoms with E-state index in [2.05, 4.69) is 19.8 Å². The summed E-state index contributed by atoms with van der Waals surface area (Å²) in [7, 11) is -3.62. The molecule has 1 fully saturated rings. The molecule has 1 aromatic heterocycles. The van der Waals surface area contributed by atoms with E-state index >= 15 is 0 Å². The van der Waals surface area contributed by atoms with Crippen molar-refractivity contribution < 1.29 is 13.2 Å². The maximum absolute atomic E-state index is 12.5. The molecule has 1 aliphatic heterocycles. The molecule has 0 saturated carbocycles. The van der Waals surface area contributed by atoms with Gasteiger partial charge in [0.15, 0.2) is 11.6 Å². The normalized spacial score (nSPS) is 15.7. The molecular weight excluding hydrogens is 364 g/mol. The van der Waals surface area contributed by atoms with Crippen LogP contribution in [0.3, 0.4) is 0 Å². The average Bonchev–Trinajstić information content (AvgIpc) is 2.67. The van der Waals surface area contributed by atoms with Gasteiger partial charge in [-0.15, -0.1) is 5.10 Å². The Bertz CT molecular complexity index is 905. The van der Waals surface area contributed by atoms with Gasteiger partial charge in [-0.3, -0.25) is 4.79 Å². The summed E-state index contributed by atoms with van der Waals surface area (Å²) in [6, 6.07) is 10.0. The number of hydrogen-bond acceptors (Lipinski definition) is 6. The van der Waals surface area contributed by atoms with Crippen LogP contribution in [0.25, 0.3) is 0 Å². The van der Waals surface area contributed by atoms with Crippen molar-refractivity contribution in [2.75, 3.05) is 24.5 Å². The van der Waals surface area contributed by atoms with E-state index < -0.39 is 10.0 Å². The Morgan fingerprint density at radius 3 is 2.56 bits per heavy atom. The highest BCUT2D eigenvalue weighted by Gasteiger charge is 2.23. The molecule has 0 spiro atoms. The fourth-order valence-corrected chi connectivity index (χ4v) is 4.28. The van der Waals surface area contributed by atoms with Gasteiger partial charge in [0.05, 0.1) is 10.6 Å². The summed E-state index contributed by atoms with van der Waals surface area (Å²) >= 11 is 0. The van der Waals surface area contributed by atoms with Crippen LogP contribution in [0.1, 0.15) is 35.8 Å². The molecule has 0 amide bonds. The predicted molar refractivity (Wildman–Crippen MR) is 103 cm³/mol. The van der Waals surface area contributed by atoms with E-state index in [-0.39, 0.29) is 16.6 Å². The van der Waals surface area contributed by atoms with E-state index in [4.69, 9.17) is 0 Å². The first kappa shape index (κ1) is 19.4. The van der Waals surface area contributed by atoms with Crippen molar-refractivity contribution in [1.29, 1.82) is 0 Å². The predicted octanol–water partition coefficient (Wildman–Crippen LogP) is 2.18. The summed E-state index contributed by atoms with van der Waals surface area (Å²) in [5, 5.41) is 8.30. The number of piperidine rings is 1. The van der Waals surface area contributed by atoms with Gasteiger partial charge >= 0.3 is 0 Å². The van der Waals surface area contributed by atoms with Crippen LogP contribution in [-0.4, -0.2) is 44.0 Å². The highest BCUT2D eigenvalue weighted by atomic mass is 32.2. The monoisotopic (exact) mass is 388 g/mol. The molecule has 0 aliphatic carbocycles. The van der Waals surface area contributed by atoms with Crippen molar-refractivity contribution in [1.82, 2.24) is 14.9 Å². The summed E-state index contributed by atoms with van der Waals surface area (Å²) in [4.78, 5) is 13.8. The fourth-order valence-electron chi connectivity index (χ4n) is 3.12.